The highest BCUT2D eigenvalue weighted by Gasteiger charge is 2.35. The number of ketones is 1. The molecule has 14 heavy (non-hydrogen) atoms. The van der Waals surface area contributed by atoms with Gasteiger partial charge in [0.05, 0.1) is 0 Å². The van der Waals surface area contributed by atoms with Crippen LogP contribution in [0.1, 0.15) is 32.6 Å². The van der Waals surface area contributed by atoms with E-state index in [4.69, 9.17) is 10.8 Å². The SMILES string of the molecule is CCC1CCC(=O)CC1C(N)C(=O)O. The van der Waals surface area contributed by atoms with Gasteiger partial charge in [-0.05, 0) is 18.3 Å². The molecule has 1 rings (SSSR count). The highest BCUT2D eigenvalue weighted by atomic mass is 16.4. The fraction of sp³-hybridized carbons (Fsp3) is 0.800. The molecule has 80 valence electrons. The summed E-state index contributed by atoms with van der Waals surface area (Å²) >= 11 is 0. The molecule has 0 bridgehead atoms. The van der Waals surface area contributed by atoms with Crippen LogP contribution in [0.5, 0.6) is 0 Å². The standard InChI is InChI=1S/C10H17NO3/c1-2-6-3-4-7(12)5-8(6)9(11)10(13)14/h6,8-9H,2-5,11H2,1H3,(H,13,14). The van der Waals surface area contributed by atoms with Gasteiger partial charge in [0.25, 0.3) is 0 Å². The van der Waals surface area contributed by atoms with Crippen LogP contribution >= 0.6 is 0 Å². The van der Waals surface area contributed by atoms with Crippen molar-refractivity contribution in [2.24, 2.45) is 17.6 Å². The average Bonchev–Trinajstić information content (AvgIpc) is 2.16. The number of carboxylic acid groups (broad SMARTS) is 1. The van der Waals surface area contributed by atoms with E-state index in [0.29, 0.717) is 18.8 Å². The molecule has 0 aromatic carbocycles. The highest BCUT2D eigenvalue weighted by molar-refractivity contribution is 5.81. The van der Waals surface area contributed by atoms with Gasteiger partial charge in [-0.2, -0.15) is 0 Å². The lowest BCUT2D eigenvalue weighted by atomic mass is 9.74. The summed E-state index contributed by atoms with van der Waals surface area (Å²) in [5.41, 5.74) is 5.57. The van der Waals surface area contributed by atoms with Crippen molar-refractivity contribution in [2.75, 3.05) is 0 Å². The second-order valence-electron chi connectivity index (χ2n) is 3.98. The molecule has 4 nitrogen and oxygen atoms in total. The zero-order chi connectivity index (χ0) is 10.7. The van der Waals surface area contributed by atoms with Crippen molar-refractivity contribution in [1.29, 1.82) is 0 Å². The second-order valence-corrected chi connectivity index (χ2v) is 3.98. The molecule has 4 heteroatoms. The maximum atomic E-state index is 11.2. The molecule has 1 aliphatic rings. The van der Waals surface area contributed by atoms with Gasteiger partial charge in [-0.25, -0.2) is 0 Å². The maximum absolute atomic E-state index is 11.2. The normalized spacial score (nSPS) is 30.0. The van der Waals surface area contributed by atoms with Gasteiger partial charge in [0.15, 0.2) is 0 Å². The Hall–Kier alpha value is -0.900. The molecule has 0 aliphatic heterocycles. The van der Waals surface area contributed by atoms with Crippen molar-refractivity contribution in [3.63, 3.8) is 0 Å². The topological polar surface area (TPSA) is 80.4 Å². The number of hydrogen-bond acceptors (Lipinski definition) is 3. The molecule has 0 heterocycles. The molecule has 3 atom stereocenters. The number of aliphatic carboxylic acids is 1. The molecule has 0 aromatic rings. The van der Waals surface area contributed by atoms with Crippen molar-refractivity contribution < 1.29 is 14.7 Å². The summed E-state index contributed by atoms with van der Waals surface area (Å²) in [6.45, 7) is 2.02. The number of carboxylic acids is 1. The molecule has 1 saturated carbocycles. The summed E-state index contributed by atoms with van der Waals surface area (Å²) in [6.07, 6.45) is 2.62. The third-order valence-electron chi connectivity index (χ3n) is 3.13. The number of carbonyl (C=O) groups is 2. The van der Waals surface area contributed by atoms with Crippen molar-refractivity contribution >= 4 is 11.8 Å². The molecule has 0 spiro atoms. The summed E-state index contributed by atoms with van der Waals surface area (Å²) in [4.78, 5) is 21.9. The fourth-order valence-corrected chi connectivity index (χ4v) is 2.20. The first-order valence-electron chi connectivity index (χ1n) is 5.06. The van der Waals surface area contributed by atoms with Gasteiger partial charge in [-0.3, -0.25) is 9.59 Å². The van der Waals surface area contributed by atoms with Crippen LogP contribution in [0.3, 0.4) is 0 Å². The lowest BCUT2D eigenvalue weighted by molar-refractivity contribution is -0.141. The summed E-state index contributed by atoms with van der Waals surface area (Å²) in [5, 5.41) is 8.80. The minimum Gasteiger partial charge on any atom is -0.480 e. The molecule has 0 radical (unpaired) electrons. The number of rotatable bonds is 3. The van der Waals surface area contributed by atoms with Crippen LogP contribution in [-0.2, 0) is 9.59 Å². The van der Waals surface area contributed by atoms with Crippen LogP contribution in [0.2, 0.25) is 0 Å². The Morgan fingerprint density at radius 3 is 2.86 bits per heavy atom. The van der Waals surface area contributed by atoms with Crippen molar-refractivity contribution in [1.82, 2.24) is 0 Å². The summed E-state index contributed by atoms with van der Waals surface area (Å²) in [5.74, 6) is -0.725. The first-order chi connectivity index (χ1) is 6.56. The van der Waals surface area contributed by atoms with Gasteiger partial charge < -0.3 is 10.8 Å². The third-order valence-corrected chi connectivity index (χ3v) is 3.13. The van der Waals surface area contributed by atoms with Gasteiger partial charge >= 0.3 is 5.97 Å². The zero-order valence-electron chi connectivity index (χ0n) is 8.40. The van der Waals surface area contributed by atoms with Gasteiger partial charge in [0, 0.05) is 12.8 Å². The summed E-state index contributed by atoms with van der Waals surface area (Å²) in [6, 6.07) is -0.885. The molecule has 0 saturated heterocycles. The van der Waals surface area contributed by atoms with E-state index in [-0.39, 0.29) is 11.7 Å². The molecule has 1 aliphatic carbocycles. The van der Waals surface area contributed by atoms with E-state index in [0.717, 1.165) is 12.8 Å². The predicted octanol–water partition coefficient (Wildman–Crippen LogP) is 0.794. The minimum absolute atomic E-state index is 0.149. The molecule has 0 amide bonds. The van der Waals surface area contributed by atoms with Crippen molar-refractivity contribution in [3.05, 3.63) is 0 Å². The largest absolute Gasteiger partial charge is 0.480 e. The van der Waals surface area contributed by atoms with Crippen LogP contribution in [0.15, 0.2) is 0 Å². The van der Waals surface area contributed by atoms with E-state index in [1.54, 1.807) is 0 Å². The van der Waals surface area contributed by atoms with E-state index in [1.165, 1.54) is 0 Å². The van der Waals surface area contributed by atoms with E-state index in [9.17, 15) is 9.59 Å². The van der Waals surface area contributed by atoms with Crippen LogP contribution in [-0.4, -0.2) is 22.9 Å². The number of nitrogens with two attached hydrogens (primary N) is 1. The third kappa shape index (κ3) is 2.32. The van der Waals surface area contributed by atoms with Gasteiger partial charge in [-0.1, -0.05) is 13.3 Å². The first-order valence-corrected chi connectivity index (χ1v) is 5.06. The second kappa shape index (κ2) is 4.55. The quantitative estimate of drug-likeness (QED) is 0.704. The van der Waals surface area contributed by atoms with Crippen molar-refractivity contribution in [3.8, 4) is 0 Å². The molecular weight excluding hydrogens is 182 g/mol. The number of Topliss-reactive ketones (excluding diaryl/α,β-unsaturated/α-hetero) is 1. The Morgan fingerprint density at radius 2 is 2.36 bits per heavy atom. The summed E-state index contributed by atoms with van der Waals surface area (Å²) < 4.78 is 0. The summed E-state index contributed by atoms with van der Waals surface area (Å²) in [7, 11) is 0. The molecule has 3 N–H and O–H groups in total. The number of hydrogen-bond donors (Lipinski definition) is 2. The van der Waals surface area contributed by atoms with Gasteiger partial charge in [0.2, 0.25) is 0 Å². The Bertz CT molecular complexity index is 238. The lowest BCUT2D eigenvalue weighted by Crippen LogP contribution is -2.44. The van der Waals surface area contributed by atoms with Crippen LogP contribution in [0.4, 0.5) is 0 Å². The van der Waals surface area contributed by atoms with Gasteiger partial charge in [-0.15, -0.1) is 0 Å². The van der Waals surface area contributed by atoms with E-state index in [1.807, 2.05) is 6.92 Å². The lowest BCUT2D eigenvalue weighted by Gasteiger charge is -2.32. The fourth-order valence-electron chi connectivity index (χ4n) is 2.20. The minimum atomic E-state index is -0.997. The maximum Gasteiger partial charge on any atom is 0.320 e. The number of carbonyl (C=O) groups excluding carboxylic acids is 1. The Kier molecular flexibility index (Phi) is 3.63. The van der Waals surface area contributed by atoms with E-state index < -0.39 is 12.0 Å². The predicted molar refractivity (Wildman–Crippen MR) is 51.7 cm³/mol. The zero-order valence-corrected chi connectivity index (χ0v) is 8.40. The van der Waals surface area contributed by atoms with Crippen molar-refractivity contribution in [2.45, 2.75) is 38.6 Å². The van der Waals surface area contributed by atoms with E-state index >= 15 is 0 Å². The highest BCUT2D eigenvalue weighted by Crippen LogP contribution is 2.32. The Balaban J connectivity index is 2.70. The van der Waals surface area contributed by atoms with Gasteiger partial charge in [0.1, 0.15) is 11.8 Å². The average molecular weight is 199 g/mol. The molecule has 3 unspecified atom stereocenters. The first kappa shape index (κ1) is 11.2. The Morgan fingerprint density at radius 1 is 1.71 bits per heavy atom. The van der Waals surface area contributed by atoms with E-state index in [2.05, 4.69) is 0 Å². The smallest absolute Gasteiger partial charge is 0.320 e. The molecule has 1 fully saturated rings. The Labute approximate surface area is 83.5 Å². The van der Waals surface area contributed by atoms with Crippen LogP contribution in [0, 0.1) is 11.8 Å². The molecular formula is C10H17NO3. The molecule has 0 aromatic heterocycles. The monoisotopic (exact) mass is 199 g/mol. The van der Waals surface area contributed by atoms with Crippen LogP contribution < -0.4 is 5.73 Å². The van der Waals surface area contributed by atoms with Crippen LogP contribution in [0.25, 0.3) is 0 Å².